The van der Waals surface area contributed by atoms with E-state index in [9.17, 15) is 4.79 Å². The maximum atomic E-state index is 11.5. The molecule has 0 saturated carbocycles. The molecule has 0 radical (unpaired) electrons. The van der Waals surface area contributed by atoms with E-state index in [1.165, 1.54) is 18.1 Å². The number of carbonyl (C=O) groups excluding carboxylic acids is 1. The Labute approximate surface area is 191 Å². The van der Waals surface area contributed by atoms with Gasteiger partial charge in [-0.25, -0.2) is 15.0 Å². The van der Waals surface area contributed by atoms with E-state index in [0.29, 0.717) is 35.0 Å². The Balaban J connectivity index is 1.48. The van der Waals surface area contributed by atoms with Crippen LogP contribution in [0.4, 0.5) is 5.82 Å². The molecule has 2 aliphatic rings. The van der Waals surface area contributed by atoms with E-state index in [4.69, 9.17) is 20.2 Å². The van der Waals surface area contributed by atoms with Gasteiger partial charge in [-0.15, -0.1) is 0 Å². The molecule has 1 amide bonds. The highest BCUT2D eigenvalue weighted by atomic mass is 79.9. The number of rotatable bonds is 6. The molecule has 2 aliphatic heterocycles. The standard InChI is InChI=1S/C20H21BrN6O3S/c21-13-7-14-15(30-11-29-14)8-16(13)31-20-25-17-18(22)23-9-24-19(17)27(20)6-4-12-3-1-2-5-26(12)10-28/h7-10,12H,1-6,11H2,(H2,22,23,24)/t12-/m0/s1. The normalized spacial score (nSPS) is 18.0. The third-order valence-electron chi connectivity index (χ3n) is 5.65. The molecule has 1 aromatic carbocycles. The summed E-state index contributed by atoms with van der Waals surface area (Å²) < 4.78 is 13.9. The number of nitrogens with two attached hydrogens (primary N) is 1. The van der Waals surface area contributed by atoms with E-state index >= 15 is 0 Å². The Kier molecular flexibility index (Phi) is 5.61. The van der Waals surface area contributed by atoms with Crippen molar-refractivity contribution >= 4 is 51.1 Å². The van der Waals surface area contributed by atoms with Crippen LogP contribution in [0.15, 0.2) is 33.0 Å². The van der Waals surface area contributed by atoms with Crippen molar-refractivity contribution in [3.05, 3.63) is 22.9 Å². The van der Waals surface area contributed by atoms with Crippen LogP contribution in [0.1, 0.15) is 25.7 Å². The molecular weight excluding hydrogens is 484 g/mol. The van der Waals surface area contributed by atoms with Gasteiger partial charge < -0.3 is 24.7 Å². The fraction of sp³-hybridized carbons (Fsp3) is 0.400. The predicted molar refractivity (Wildman–Crippen MR) is 119 cm³/mol. The molecule has 0 aliphatic carbocycles. The Morgan fingerprint density at radius 3 is 2.94 bits per heavy atom. The molecule has 4 heterocycles. The molecular formula is C20H21BrN6O3S. The molecule has 0 spiro atoms. The summed E-state index contributed by atoms with van der Waals surface area (Å²) in [6.07, 6.45) is 6.46. The number of halogens is 1. The number of fused-ring (bicyclic) bond motifs is 2. The number of aryl methyl sites for hydroxylation is 1. The maximum Gasteiger partial charge on any atom is 0.231 e. The second-order valence-corrected chi connectivity index (χ2v) is 9.36. The first kappa shape index (κ1) is 20.4. The maximum absolute atomic E-state index is 11.5. The number of aromatic nitrogens is 4. The van der Waals surface area contributed by atoms with Gasteiger partial charge in [0.15, 0.2) is 33.6 Å². The number of piperidine rings is 1. The van der Waals surface area contributed by atoms with Crippen LogP contribution in [-0.2, 0) is 11.3 Å². The van der Waals surface area contributed by atoms with Crippen molar-refractivity contribution in [3.8, 4) is 11.5 Å². The first-order valence-corrected chi connectivity index (χ1v) is 11.7. The molecule has 3 aromatic rings. The number of imidazole rings is 1. The molecule has 1 atom stereocenters. The first-order chi connectivity index (χ1) is 15.1. The lowest BCUT2D eigenvalue weighted by Gasteiger charge is -2.32. The van der Waals surface area contributed by atoms with Crippen molar-refractivity contribution < 1.29 is 14.3 Å². The zero-order chi connectivity index (χ0) is 21.4. The lowest BCUT2D eigenvalue weighted by atomic mass is 10.00. The molecule has 0 bridgehead atoms. The first-order valence-electron chi connectivity index (χ1n) is 10.1. The average molecular weight is 505 g/mol. The SMILES string of the molecule is Nc1ncnc2c1nc(Sc1cc3c(cc1Br)OCO3)n2CC[C@@H]1CCCCN1C=O. The number of hydrogen-bond acceptors (Lipinski definition) is 8. The van der Waals surface area contributed by atoms with Crippen molar-refractivity contribution in [1.82, 2.24) is 24.4 Å². The molecule has 5 rings (SSSR count). The minimum absolute atomic E-state index is 0.217. The van der Waals surface area contributed by atoms with Crippen LogP contribution in [0.3, 0.4) is 0 Å². The van der Waals surface area contributed by atoms with Gasteiger partial charge in [-0.1, -0.05) is 11.8 Å². The number of ether oxygens (including phenoxy) is 2. The van der Waals surface area contributed by atoms with Crippen molar-refractivity contribution in [1.29, 1.82) is 0 Å². The number of hydrogen-bond donors (Lipinski definition) is 1. The van der Waals surface area contributed by atoms with Gasteiger partial charge in [0.25, 0.3) is 0 Å². The number of nitrogens with zero attached hydrogens (tertiary/aromatic N) is 5. The van der Waals surface area contributed by atoms with Crippen LogP contribution < -0.4 is 15.2 Å². The Morgan fingerprint density at radius 1 is 1.26 bits per heavy atom. The summed E-state index contributed by atoms with van der Waals surface area (Å²) in [4.78, 5) is 27.6. The van der Waals surface area contributed by atoms with Gasteiger partial charge in [-0.3, -0.25) is 4.79 Å². The molecule has 31 heavy (non-hydrogen) atoms. The summed E-state index contributed by atoms with van der Waals surface area (Å²) in [5.41, 5.74) is 7.36. The van der Waals surface area contributed by atoms with Crippen LogP contribution in [0.5, 0.6) is 11.5 Å². The number of carbonyl (C=O) groups is 1. The van der Waals surface area contributed by atoms with Gasteiger partial charge in [0.2, 0.25) is 13.2 Å². The minimum Gasteiger partial charge on any atom is -0.454 e. The van der Waals surface area contributed by atoms with Gasteiger partial charge in [0, 0.05) is 28.5 Å². The van der Waals surface area contributed by atoms with E-state index in [-0.39, 0.29) is 12.8 Å². The van der Waals surface area contributed by atoms with Crippen LogP contribution in [0.2, 0.25) is 0 Å². The van der Waals surface area contributed by atoms with Crippen LogP contribution >= 0.6 is 27.7 Å². The van der Waals surface area contributed by atoms with Crippen molar-refractivity contribution in [2.75, 3.05) is 19.1 Å². The molecule has 11 heteroatoms. The number of benzene rings is 1. The van der Waals surface area contributed by atoms with Gasteiger partial charge >= 0.3 is 0 Å². The highest BCUT2D eigenvalue weighted by Crippen LogP contribution is 2.43. The summed E-state index contributed by atoms with van der Waals surface area (Å²) in [6.45, 7) is 1.71. The largest absolute Gasteiger partial charge is 0.454 e. The van der Waals surface area contributed by atoms with E-state index < -0.39 is 0 Å². The molecule has 9 nitrogen and oxygen atoms in total. The minimum atomic E-state index is 0.217. The number of amides is 1. The summed E-state index contributed by atoms with van der Waals surface area (Å²) in [5.74, 6) is 1.77. The quantitative estimate of drug-likeness (QED) is 0.508. The second kappa shape index (κ2) is 8.54. The third kappa shape index (κ3) is 3.91. The summed E-state index contributed by atoms with van der Waals surface area (Å²) in [5, 5.41) is 0.759. The molecule has 1 saturated heterocycles. The molecule has 2 N–H and O–H groups in total. The Hall–Kier alpha value is -2.53. The number of nitrogen functional groups attached to an aromatic ring is 1. The third-order valence-corrected chi connectivity index (χ3v) is 7.62. The highest BCUT2D eigenvalue weighted by Gasteiger charge is 2.24. The lowest BCUT2D eigenvalue weighted by Crippen LogP contribution is -2.39. The van der Waals surface area contributed by atoms with Gasteiger partial charge in [-0.2, -0.15) is 0 Å². The van der Waals surface area contributed by atoms with Crippen LogP contribution in [0, 0.1) is 0 Å². The Bertz CT molecular complexity index is 1140. The fourth-order valence-corrected chi connectivity index (χ4v) is 5.55. The van der Waals surface area contributed by atoms with Gasteiger partial charge in [-0.05, 0) is 53.7 Å². The van der Waals surface area contributed by atoms with E-state index in [0.717, 1.165) is 53.2 Å². The molecule has 0 unspecified atom stereocenters. The monoisotopic (exact) mass is 504 g/mol. The van der Waals surface area contributed by atoms with Crippen molar-refractivity contribution in [2.45, 2.75) is 48.3 Å². The van der Waals surface area contributed by atoms with E-state index in [1.807, 2.05) is 17.0 Å². The van der Waals surface area contributed by atoms with Crippen molar-refractivity contribution in [3.63, 3.8) is 0 Å². The number of likely N-dealkylation sites (tertiary alicyclic amines) is 1. The highest BCUT2D eigenvalue weighted by molar-refractivity contribution is 9.10. The topological polar surface area (TPSA) is 108 Å². The zero-order valence-electron chi connectivity index (χ0n) is 16.7. The second-order valence-electron chi connectivity index (χ2n) is 7.50. The van der Waals surface area contributed by atoms with E-state index in [2.05, 4.69) is 30.5 Å². The van der Waals surface area contributed by atoms with E-state index in [1.54, 1.807) is 0 Å². The van der Waals surface area contributed by atoms with Gasteiger partial charge in [0.05, 0.1) is 0 Å². The molecule has 1 fully saturated rings. The van der Waals surface area contributed by atoms with Gasteiger partial charge in [0.1, 0.15) is 6.33 Å². The van der Waals surface area contributed by atoms with Crippen molar-refractivity contribution in [2.24, 2.45) is 0 Å². The zero-order valence-corrected chi connectivity index (χ0v) is 19.1. The van der Waals surface area contributed by atoms with Crippen LogP contribution in [-0.4, -0.2) is 50.2 Å². The smallest absolute Gasteiger partial charge is 0.231 e. The molecule has 162 valence electrons. The predicted octanol–water partition coefficient (Wildman–Crippen LogP) is 3.45. The Morgan fingerprint density at radius 2 is 2.10 bits per heavy atom. The fourth-order valence-electron chi connectivity index (χ4n) is 4.04. The average Bonchev–Trinajstić information content (AvgIpc) is 3.37. The summed E-state index contributed by atoms with van der Waals surface area (Å²) in [6, 6.07) is 4.05. The number of anilines is 1. The lowest BCUT2D eigenvalue weighted by molar-refractivity contribution is -0.121. The summed E-state index contributed by atoms with van der Waals surface area (Å²) in [7, 11) is 0. The van der Waals surface area contributed by atoms with Crippen LogP contribution in [0.25, 0.3) is 11.2 Å². The summed E-state index contributed by atoms with van der Waals surface area (Å²) >= 11 is 5.11. The molecule has 2 aromatic heterocycles.